The molecule has 20 nitrogen and oxygen atoms in total. The number of carboxylic acids is 1. The molecule has 20 heteroatoms. The molecule has 0 aliphatic carbocycles. The first-order valence-corrected chi connectivity index (χ1v) is 18.9. The number of nitrogens with two attached hydrogens (primary N) is 1. The van der Waals surface area contributed by atoms with Crippen LogP contribution in [0.25, 0.3) is 11.0 Å². The molecule has 0 saturated carbocycles. The molecule has 2 aromatic carbocycles. The Balaban J connectivity index is 0.830. The van der Waals surface area contributed by atoms with Crippen molar-refractivity contribution in [1.82, 2.24) is 35.8 Å². The molecular formula is C39H43N9O11. The van der Waals surface area contributed by atoms with Crippen molar-refractivity contribution >= 4 is 64.1 Å². The number of aromatic nitrogens is 3. The fraction of sp³-hybridized carbons (Fsp3) is 0.359. The second kappa shape index (κ2) is 19.0. The summed E-state index contributed by atoms with van der Waals surface area (Å²) in [5, 5.41) is 20.5. The number of nitrogens with one attached hydrogen (secondary N) is 6. The van der Waals surface area contributed by atoms with E-state index in [0.717, 1.165) is 16.0 Å². The number of hydrogen-bond donors (Lipinski definition) is 8. The summed E-state index contributed by atoms with van der Waals surface area (Å²) in [7, 11) is 0. The van der Waals surface area contributed by atoms with Crippen molar-refractivity contribution in [3.05, 3.63) is 86.8 Å². The molecule has 310 valence electrons. The Labute approximate surface area is 335 Å². The van der Waals surface area contributed by atoms with Crippen LogP contribution in [-0.2, 0) is 41.5 Å². The van der Waals surface area contributed by atoms with Crippen molar-refractivity contribution < 1.29 is 48.1 Å². The van der Waals surface area contributed by atoms with Gasteiger partial charge in [0, 0.05) is 43.4 Å². The quantitative estimate of drug-likeness (QED) is 0.0438. The molecule has 1 unspecified atom stereocenters. The van der Waals surface area contributed by atoms with Crippen LogP contribution in [0.4, 0.5) is 11.6 Å². The van der Waals surface area contributed by atoms with Gasteiger partial charge in [0.2, 0.25) is 23.7 Å². The lowest BCUT2D eigenvalue weighted by Gasteiger charge is -2.27. The van der Waals surface area contributed by atoms with E-state index in [1.165, 1.54) is 6.07 Å². The summed E-state index contributed by atoms with van der Waals surface area (Å²) < 4.78 is 11.0. The van der Waals surface area contributed by atoms with E-state index >= 15 is 0 Å². The summed E-state index contributed by atoms with van der Waals surface area (Å²) in [5.41, 5.74) is 8.30. The molecule has 1 fully saturated rings. The number of anilines is 2. The number of rotatable bonds is 20. The minimum absolute atomic E-state index is 0.0184. The number of aliphatic carboxylic acids is 1. The number of benzene rings is 2. The number of aryl methyl sites for hydroxylation is 2. The number of nitrogens with zero attached hydrogens (tertiary/aromatic N) is 2. The van der Waals surface area contributed by atoms with E-state index in [0.29, 0.717) is 36.1 Å². The minimum atomic E-state index is -1.29. The van der Waals surface area contributed by atoms with E-state index in [1.54, 1.807) is 42.6 Å². The first kappa shape index (κ1) is 41.7. The molecule has 0 bridgehead atoms. The molecule has 2 aliphatic heterocycles. The zero-order valence-corrected chi connectivity index (χ0v) is 31.8. The largest absolute Gasteiger partial charge is 0.480 e. The van der Waals surface area contributed by atoms with Crippen LogP contribution >= 0.6 is 0 Å². The second-order valence-electron chi connectivity index (χ2n) is 13.8. The zero-order chi connectivity index (χ0) is 42.1. The molecule has 0 radical (unpaired) electrons. The third kappa shape index (κ3) is 10.1. The first-order valence-electron chi connectivity index (χ1n) is 18.9. The summed E-state index contributed by atoms with van der Waals surface area (Å²) in [6, 6.07) is 9.06. The van der Waals surface area contributed by atoms with Gasteiger partial charge in [-0.25, -0.2) is 4.79 Å². The number of hydrogen-bond acceptors (Lipinski definition) is 13. The Morgan fingerprint density at radius 1 is 0.949 bits per heavy atom. The molecule has 6 rings (SSSR count). The highest BCUT2D eigenvalue weighted by atomic mass is 16.5. The zero-order valence-electron chi connectivity index (χ0n) is 31.8. The van der Waals surface area contributed by atoms with Gasteiger partial charge < -0.3 is 41.2 Å². The number of carbonyl (C=O) groups is 7. The van der Waals surface area contributed by atoms with Gasteiger partial charge in [-0.2, -0.15) is 4.98 Å². The summed E-state index contributed by atoms with van der Waals surface area (Å²) in [4.78, 5) is 110. The Bertz CT molecular complexity index is 2320. The highest BCUT2D eigenvalue weighted by Crippen LogP contribution is 2.32. The van der Waals surface area contributed by atoms with Gasteiger partial charge in [-0.3, -0.25) is 48.8 Å². The van der Waals surface area contributed by atoms with E-state index < -0.39 is 53.5 Å². The monoisotopic (exact) mass is 813 g/mol. The van der Waals surface area contributed by atoms with Crippen molar-refractivity contribution in [2.24, 2.45) is 0 Å². The van der Waals surface area contributed by atoms with Crippen LogP contribution in [0.3, 0.4) is 0 Å². The first-order chi connectivity index (χ1) is 28.4. The summed E-state index contributed by atoms with van der Waals surface area (Å²) in [6.45, 7) is 1.32. The number of piperidine rings is 1. The number of nitrogen functional groups attached to an aromatic ring is 1. The van der Waals surface area contributed by atoms with E-state index in [9.17, 15) is 43.5 Å². The van der Waals surface area contributed by atoms with E-state index in [2.05, 4.69) is 36.2 Å². The fourth-order valence-electron chi connectivity index (χ4n) is 6.79. The molecule has 2 atom stereocenters. The molecule has 2 aromatic heterocycles. The van der Waals surface area contributed by atoms with Crippen LogP contribution in [0.5, 0.6) is 0 Å². The maximum Gasteiger partial charge on any atom is 0.326 e. The van der Waals surface area contributed by atoms with Crippen molar-refractivity contribution in [2.45, 2.75) is 50.6 Å². The molecule has 2 aliphatic rings. The van der Waals surface area contributed by atoms with Gasteiger partial charge >= 0.3 is 5.97 Å². The molecule has 59 heavy (non-hydrogen) atoms. The van der Waals surface area contributed by atoms with Crippen LogP contribution in [0.1, 0.15) is 67.9 Å². The summed E-state index contributed by atoms with van der Waals surface area (Å²) in [5.74, 6) is -4.61. The van der Waals surface area contributed by atoms with Gasteiger partial charge in [-0.1, -0.05) is 18.2 Å². The van der Waals surface area contributed by atoms with Gasteiger partial charge in [-0.05, 0) is 61.1 Å². The van der Waals surface area contributed by atoms with Gasteiger partial charge in [0.15, 0.2) is 0 Å². The predicted octanol–water partition coefficient (Wildman–Crippen LogP) is 0.245. The van der Waals surface area contributed by atoms with Gasteiger partial charge in [0.1, 0.15) is 17.7 Å². The second-order valence-corrected chi connectivity index (χ2v) is 13.8. The predicted molar refractivity (Wildman–Crippen MR) is 209 cm³/mol. The highest BCUT2D eigenvalue weighted by Gasteiger charge is 2.45. The van der Waals surface area contributed by atoms with Crippen molar-refractivity contribution in [3.63, 3.8) is 0 Å². The van der Waals surface area contributed by atoms with E-state index in [4.69, 9.17) is 15.2 Å². The average Bonchev–Trinajstić information content (AvgIpc) is 3.73. The lowest BCUT2D eigenvalue weighted by molar-refractivity contribution is -0.140. The molecule has 4 heterocycles. The van der Waals surface area contributed by atoms with Crippen molar-refractivity contribution in [3.8, 4) is 0 Å². The maximum atomic E-state index is 13.2. The number of aromatic amines is 2. The van der Waals surface area contributed by atoms with E-state index in [1.807, 2.05) is 0 Å². The normalized spacial score (nSPS) is 15.5. The van der Waals surface area contributed by atoms with Gasteiger partial charge in [0.25, 0.3) is 23.3 Å². The SMILES string of the molecule is Nc1nc2[nH]cc(CCc3ccc(C(=O)N[C@H](CCC(=O)NCCOCCOCCNc4cccc5c4C(=O)N(C4CCC(=O)NC4=O)C5=O)C(=O)O)cc3)c2c(=O)[nH]1. The molecule has 0 spiro atoms. The summed E-state index contributed by atoms with van der Waals surface area (Å²) >= 11 is 0. The number of imide groups is 2. The topological polar surface area (TPSA) is 297 Å². The Morgan fingerprint density at radius 2 is 1.69 bits per heavy atom. The minimum Gasteiger partial charge on any atom is -0.480 e. The molecule has 1 saturated heterocycles. The third-order valence-corrected chi connectivity index (χ3v) is 9.78. The number of ether oxygens (including phenoxy) is 2. The molecule has 9 N–H and O–H groups in total. The Morgan fingerprint density at radius 3 is 2.42 bits per heavy atom. The standard InChI is InChI=1S/C39H43N9O11/c40-39-46-32-30(35(53)47-39)23(20-43-32)9-6-21-4-7-22(8-5-21)33(51)44-26(38(56)57)10-12-28(49)42-15-17-59-19-18-58-16-14-41-25-3-1-2-24-31(25)37(55)48(36(24)54)27-11-13-29(50)45-34(27)52/h1-5,7-8,20,26-27,41H,6,9-19H2,(H,42,49)(H,44,51)(H,56,57)(H,45,50,52)(H4,40,43,46,47,53)/t26-,27?/m1/s1. The van der Waals surface area contributed by atoms with Crippen molar-refractivity contribution in [2.75, 3.05) is 50.6 Å². The molecular weight excluding hydrogens is 770 g/mol. The number of amides is 6. The summed E-state index contributed by atoms with van der Waals surface area (Å²) in [6.07, 6.45) is 2.60. The molecule has 4 aromatic rings. The van der Waals surface area contributed by atoms with Gasteiger partial charge in [-0.15, -0.1) is 0 Å². The average molecular weight is 814 g/mol. The van der Waals surface area contributed by atoms with Crippen LogP contribution < -0.4 is 32.6 Å². The Hall–Kier alpha value is -6.93. The maximum absolute atomic E-state index is 13.2. The van der Waals surface area contributed by atoms with Crippen LogP contribution in [0.15, 0.2) is 53.5 Å². The van der Waals surface area contributed by atoms with Crippen molar-refractivity contribution in [1.29, 1.82) is 0 Å². The van der Waals surface area contributed by atoms with E-state index in [-0.39, 0.29) is 86.9 Å². The number of fused-ring (bicyclic) bond motifs is 2. The lowest BCUT2D eigenvalue weighted by atomic mass is 10.0. The lowest BCUT2D eigenvalue weighted by Crippen LogP contribution is -2.54. The highest BCUT2D eigenvalue weighted by molar-refractivity contribution is 6.25. The number of carbonyl (C=O) groups excluding carboxylic acids is 6. The molecule has 6 amide bonds. The van der Waals surface area contributed by atoms with Crippen LogP contribution in [0.2, 0.25) is 0 Å². The smallest absolute Gasteiger partial charge is 0.326 e. The number of carboxylic acid groups (broad SMARTS) is 1. The van der Waals surface area contributed by atoms with Crippen LogP contribution in [-0.4, -0.2) is 118 Å². The Kier molecular flexibility index (Phi) is 13.4. The fourth-order valence-corrected chi connectivity index (χ4v) is 6.79. The third-order valence-electron chi connectivity index (χ3n) is 9.78. The van der Waals surface area contributed by atoms with Crippen LogP contribution in [0, 0.1) is 0 Å². The van der Waals surface area contributed by atoms with Gasteiger partial charge in [0.05, 0.1) is 42.9 Å². The number of H-pyrrole nitrogens is 2.